The van der Waals surface area contributed by atoms with Crippen LogP contribution in [0.3, 0.4) is 0 Å². The molecule has 4 heterocycles. The Kier molecular flexibility index (Phi) is 4.74. The van der Waals surface area contributed by atoms with Crippen LogP contribution in [0.15, 0.2) is 6.07 Å². The zero-order chi connectivity index (χ0) is 19.8. The summed E-state index contributed by atoms with van der Waals surface area (Å²) in [6.45, 7) is 1.70. The Labute approximate surface area is 162 Å². The van der Waals surface area contributed by atoms with Crippen molar-refractivity contribution < 1.29 is 23.9 Å². The van der Waals surface area contributed by atoms with Gasteiger partial charge in [0.15, 0.2) is 0 Å². The Bertz CT molecular complexity index is 847. The minimum Gasteiger partial charge on any atom is -0.480 e. The Morgan fingerprint density at radius 1 is 1.21 bits per heavy atom. The first kappa shape index (κ1) is 18.4. The molecule has 3 amide bonds. The van der Waals surface area contributed by atoms with Crippen molar-refractivity contribution in [2.45, 2.75) is 38.3 Å². The number of rotatable bonds is 4. The minimum atomic E-state index is -0.672. The van der Waals surface area contributed by atoms with Crippen LogP contribution in [0.1, 0.15) is 41.6 Å². The van der Waals surface area contributed by atoms with Gasteiger partial charge in [0.25, 0.3) is 5.91 Å². The van der Waals surface area contributed by atoms with Crippen molar-refractivity contribution in [2.75, 3.05) is 25.1 Å². The highest BCUT2D eigenvalue weighted by Crippen LogP contribution is 2.35. The lowest BCUT2D eigenvalue weighted by molar-refractivity contribution is -0.136. The van der Waals surface area contributed by atoms with Crippen molar-refractivity contribution in [2.24, 2.45) is 5.92 Å². The van der Waals surface area contributed by atoms with E-state index >= 15 is 0 Å². The maximum absolute atomic E-state index is 13.0. The molecule has 3 aliphatic rings. The number of imide groups is 1. The van der Waals surface area contributed by atoms with Gasteiger partial charge in [0, 0.05) is 32.0 Å². The van der Waals surface area contributed by atoms with Crippen LogP contribution in [0.4, 0.5) is 5.82 Å². The number of hydrogen-bond acceptors (Lipinski definition) is 7. The van der Waals surface area contributed by atoms with Gasteiger partial charge in [-0.1, -0.05) is 0 Å². The second-order valence-corrected chi connectivity index (χ2v) is 7.38. The fourth-order valence-corrected chi connectivity index (χ4v) is 4.12. The molecule has 9 nitrogen and oxygen atoms in total. The normalized spacial score (nSPS) is 22.9. The Hall–Kier alpha value is -2.97. The van der Waals surface area contributed by atoms with Crippen LogP contribution in [0.5, 0.6) is 5.88 Å². The summed E-state index contributed by atoms with van der Waals surface area (Å²) < 4.78 is 5.38. The first-order valence-corrected chi connectivity index (χ1v) is 9.44. The highest BCUT2D eigenvalue weighted by molar-refractivity contribution is 6.06. The first-order valence-electron chi connectivity index (χ1n) is 9.44. The van der Waals surface area contributed by atoms with Gasteiger partial charge < -0.3 is 19.3 Å². The number of piperidine rings is 2. The van der Waals surface area contributed by atoms with E-state index in [4.69, 9.17) is 4.74 Å². The minimum absolute atomic E-state index is 0.0807. The molecule has 0 aliphatic carbocycles. The maximum atomic E-state index is 13.0. The van der Waals surface area contributed by atoms with E-state index in [1.807, 2.05) is 6.07 Å². The summed E-state index contributed by atoms with van der Waals surface area (Å²) in [4.78, 5) is 55.6. The average Bonchev–Trinajstić information content (AvgIpc) is 3.04. The van der Waals surface area contributed by atoms with Crippen molar-refractivity contribution in [3.05, 3.63) is 17.2 Å². The van der Waals surface area contributed by atoms with Gasteiger partial charge in [-0.05, 0) is 30.9 Å². The van der Waals surface area contributed by atoms with Gasteiger partial charge in [-0.25, -0.2) is 0 Å². The van der Waals surface area contributed by atoms with Crippen LogP contribution in [-0.4, -0.2) is 60.1 Å². The lowest BCUT2D eigenvalue weighted by Gasteiger charge is -2.31. The number of pyridine rings is 1. The molecule has 2 saturated heterocycles. The third-order valence-electron chi connectivity index (χ3n) is 5.71. The van der Waals surface area contributed by atoms with Crippen LogP contribution in [-0.2, 0) is 20.9 Å². The average molecular weight is 386 g/mol. The topological polar surface area (TPSA) is 109 Å². The van der Waals surface area contributed by atoms with E-state index in [2.05, 4.69) is 15.2 Å². The van der Waals surface area contributed by atoms with E-state index in [0.717, 1.165) is 24.7 Å². The summed E-state index contributed by atoms with van der Waals surface area (Å²) in [5, 5.41) is 2.30. The molecule has 1 aromatic heterocycles. The highest BCUT2D eigenvalue weighted by Gasteiger charge is 2.41. The van der Waals surface area contributed by atoms with Gasteiger partial charge in [-0.3, -0.25) is 19.7 Å². The molecular formula is C19H22N4O5. The van der Waals surface area contributed by atoms with Crippen molar-refractivity contribution >= 4 is 29.8 Å². The van der Waals surface area contributed by atoms with Gasteiger partial charge in [0.05, 0.1) is 7.11 Å². The summed E-state index contributed by atoms with van der Waals surface area (Å²) in [6, 6.07) is 1.19. The quantitative estimate of drug-likeness (QED) is 0.584. The molecule has 0 saturated carbocycles. The number of methoxy groups -OCH3 is 1. The monoisotopic (exact) mass is 386 g/mol. The standard InChI is InChI=1S/C19H22N4O5/c1-28-18-16-12(8-14(20-18)22-6-4-11(10-24)5-7-22)9-23(19(16)27)13-2-3-15(25)21-17(13)26/h8,10-11,13H,2-7,9H2,1H3,(H,21,25,26)/t13-/m0/s1. The number of nitrogens with one attached hydrogen (secondary N) is 1. The van der Waals surface area contributed by atoms with E-state index in [1.165, 1.54) is 12.0 Å². The van der Waals surface area contributed by atoms with Crippen molar-refractivity contribution in [3.63, 3.8) is 0 Å². The number of fused-ring (bicyclic) bond motifs is 1. The van der Waals surface area contributed by atoms with E-state index < -0.39 is 11.9 Å². The number of carbonyl (C=O) groups is 4. The number of carbonyl (C=O) groups excluding carboxylic acids is 4. The van der Waals surface area contributed by atoms with Crippen molar-refractivity contribution in [1.29, 1.82) is 0 Å². The summed E-state index contributed by atoms with van der Waals surface area (Å²) >= 11 is 0. The predicted octanol–water partition coefficient (Wildman–Crippen LogP) is 0.267. The van der Waals surface area contributed by atoms with Crippen molar-refractivity contribution in [3.8, 4) is 5.88 Å². The zero-order valence-electron chi connectivity index (χ0n) is 15.6. The van der Waals surface area contributed by atoms with Crippen LogP contribution < -0.4 is 15.0 Å². The lowest BCUT2D eigenvalue weighted by Crippen LogP contribution is -2.52. The maximum Gasteiger partial charge on any atom is 0.260 e. The first-order chi connectivity index (χ1) is 13.5. The zero-order valence-corrected chi connectivity index (χ0v) is 15.6. The second kappa shape index (κ2) is 7.21. The number of anilines is 1. The van der Waals surface area contributed by atoms with Crippen LogP contribution in [0.25, 0.3) is 0 Å². The molecule has 0 unspecified atom stereocenters. The van der Waals surface area contributed by atoms with Crippen molar-refractivity contribution in [1.82, 2.24) is 15.2 Å². The van der Waals surface area contributed by atoms with Gasteiger partial charge in [-0.2, -0.15) is 4.98 Å². The molecule has 1 atom stereocenters. The van der Waals surface area contributed by atoms with E-state index in [0.29, 0.717) is 30.9 Å². The molecule has 9 heteroatoms. The summed E-state index contributed by atoms with van der Waals surface area (Å²) in [6.07, 6.45) is 3.07. The third kappa shape index (κ3) is 3.10. The summed E-state index contributed by atoms with van der Waals surface area (Å²) in [5.41, 5.74) is 1.13. The molecule has 1 aromatic rings. The SMILES string of the molecule is COc1nc(N2CCC(C=O)CC2)cc2c1C(=O)N([C@H]1CCC(=O)NC1=O)C2. The molecule has 28 heavy (non-hydrogen) atoms. The van der Waals surface area contributed by atoms with E-state index in [1.54, 1.807) is 0 Å². The predicted molar refractivity (Wildman–Crippen MR) is 97.8 cm³/mol. The van der Waals surface area contributed by atoms with Gasteiger partial charge in [0.1, 0.15) is 23.7 Å². The van der Waals surface area contributed by atoms with Crippen LogP contribution in [0, 0.1) is 5.92 Å². The van der Waals surface area contributed by atoms with Crippen LogP contribution in [0.2, 0.25) is 0 Å². The molecule has 4 rings (SSSR count). The number of ether oxygens (including phenoxy) is 1. The smallest absolute Gasteiger partial charge is 0.260 e. The van der Waals surface area contributed by atoms with Gasteiger partial charge in [-0.15, -0.1) is 0 Å². The molecule has 0 aromatic carbocycles. The molecule has 1 N–H and O–H groups in total. The Balaban J connectivity index is 1.60. The highest BCUT2D eigenvalue weighted by atomic mass is 16.5. The number of aromatic nitrogens is 1. The lowest BCUT2D eigenvalue weighted by atomic mass is 9.98. The second-order valence-electron chi connectivity index (χ2n) is 7.38. The molecule has 0 radical (unpaired) electrons. The number of aldehydes is 1. The molecule has 148 valence electrons. The Morgan fingerprint density at radius 3 is 2.61 bits per heavy atom. The molecule has 0 spiro atoms. The summed E-state index contributed by atoms with van der Waals surface area (Å²) in [5.74, 6) is -0.0360. The Morgan fingerprint density at radius 2 is 1.96 bits per heavy atom. The molecule has 2 fully saturated rings. The van der Waals surface area contributed by atoms with Gasteiger partial charge in [0.2, 0.25) is 17.7 Å². The number of amides is 3. The molecule has 3 aliphatic heterocycles. The van der Waals surface area contributed by atoms with E-state index in [-0.39, 0.29) is 36.6 Å². The number of nitrogens with zero attached hydrogens (tertiary/aromatic N) is 3. The number of hydrogen-bond donors (Lipinski definition) is 1. The molecule has 0 bridgehead atoms. The largest absolute Gasteiger partial charge is 0.480 e. The summed E-state index contributed by atoms with van der Waals surface area (Å²) in [7, 11) is 1.47. The fourth-order valence-electron chi connectivity index (χ4n) is 4.12. The van der Waals surface area contributed by atoms with Crippen LogP contribution >= 0.6 is 0 Å². The fraction of sp³-hybridized carbons (Fsp3) is 0.526. The third-order valence-corrected chi connectivity index (χ3v) is 5.71. The van der Waals surface area contributed by atoms with E-state index in [9.17, 15) is 19.2 Å². The van der Waals surface area contributed by atoms with Gasteiger partial charge >= 0.3 is 0 Å². The molecular weight excluding hydrogens is 364 g/mol.